The molecule has 3 N–H and O–H groups in total. The minimum atomic E-state index is -4.14. The van der Waals surface area contributed by atoms with E-state index in [2.05, 4.69) is 15.0 Å². The number of anilines is 1. The summed E-state index contributed by atoms with van der Waals surface area (Å²) in [5.41, 5.74) is 1.87. The normalized spacial score (nSPS) is 11.3. The summed E-state index contributed by atoms with van der Waals surface area (Å²) < 4.78 is 32.6. The van der Waals surface area contributed by atoms with Gasteiger partial charge < -0.3 is 15.0 Å². The van der Waals surface area contributed by atoms with Crippen LogP contribution in [0.3, 0.4) is 0 Å². The Labute approximate surface area is 168 Å². The van der Waals surface area contributed by atoms with Crippen LogP contribution in [-0.4, -0.2) is 38.4 Å². The predicted molar refractivity (Wildman–Crippen MR) is 106 cm³/mol. The molecule has 0 unspecified atom stereocenters. The Morgan fingerprint density at radius 3 is 2.46 bits per heavy atom. The van der Waals surface area contributed by atoms with E-state index in [1.54, 1.807) is 32.0 Å². The zero-order chi connectivity index (χ0) is 21.1. The van der Waals surface area contributed by atoms with Crippen molar-refractivity contribution < 1.29 is 22.7 Å². The molecule has 0 aliphatic carbocycles. The van der Waals surface area contributed by atoms with Crippen LogP contribution in [0.5, 0.6) is 0 Å². The number of sulfonamides is 1. The van der Waals surface area contributed by atoms with E-state index >= 15 is 0 Å². The lowest BCUT2D eigenvalue weighted by Crippen LogP contribution is -2.33. The Bertz CT molecular complexity index is 1010. The van der Waals surface area contributed by atoms with Gasteiger partial charge in [0.25, 0.3) is 0 Å². The van der Waals surface area contributed by atoms with Gasteiger partial charge in [-0.25, -0.2) is 17.9 Å². The van der Waals surface area contributed by atoms with Crippen molar-refractivity contribution in [2.45, 2.75) is 32.6 Å². The van der Waals surface area contributed by atoms with Gasteiger partial charge in [-0.3, -0.25) is 4.79 Å². The van der Waals surface area contributed by atoms with Gasteiger partial charge in [0.05, 0.1) is 13.2 Å². The van der Waals surface area contributed by atoms with Gasteiger partial charge in [0.15, 0.2) is 0 Å². The molecule has 1 aromatic carbocycles. The fraction of sp³-hybridized carbons (Fsp3) is 0.333. The van der Waals surface area contributed by atoms with E-state index in [4.69, 9.17) is 16.3 Å². The molecule has 8 nitrogen and oxygen atoms in total. The van der Waals surface area contributed by atoms with Crippen molar-refractivity contribution in [2.75, 3.05) is 18.5 Å². The molecule has 0 atom stereocenters. The molecule has 0 bridgehead atoms. The maximum Gasteiger partial charge on any atom is 0.341 e. The van der Waals surface area contributed by atoms with Gasteiger partial charge in [0.2, 0.25) is 15.9 Å². The first-order chi connectivity index (χ1) is 13.1. The molecular formula is C18H22ClN3O5S. The number of carbonyl (C=O) groups excluding carboxylic acids is 2. The van der Waals surface area contributed by atoms with Crippen molar-refractivity contribution in [3.8, 4) is 0 Å². The van der Waals surface area contributed by atoms with Crippen molar-refractivity contribution in [3.63, 3.8) is 0 Å². The third kappa shape index (κ3) is 4.92. The highest BCUT2D eigenvalue weighted by atomic mass is 35.5. The van der Waals surface area contributed by atoms with Crippen LogP contribution in [0.25, 0.3) is 0 Å². The fourth-order valence-electron chi connectivity index (χ4n) is 2.65. The molecule has 0 saturated carbocycles. The number of esters is 1. The van der Waals surface area contributed by atoms with E-state index in [0.29, 0.717) is 16.4 Å². The number of H-pyrrole nitrogens is 1. The van der Waals surface area contributed by atoms with E-state index in [9.17, 15) is 18.0 Å². The summed E-state index contributed by atoms with van der Waals surface area (Å²) in [4.78, 5) is 26.9. The average molecular weight is 428 g/mol. The van der Waals surface area contributed by atoms with Crippen LogP contribution in [0.4, 0.5) is 5.69 Å². The first-order valence-electron chi connectivity index (χ1n) is 8.48. The highest BCUT2D eigenvalue weighted by Gasteiger charge is 2.30. The smallest absolute Gasteiger partial charge is 0.341 e. The largest absolute Gasteiger partial charge is 0.462 e. The Morgan fingerprint density at radius 2 is 1.86 bits per heavy atom. The van der Waals surface area contributed by atoms with Crippen LogP contribution < -0.4 is 10.0 Å². The molecule has 1 aromatic heterocycles. The Balaban J connectivity index is 2.17. The topological polar surface area (TPSA) is 117 Å². The number of aryl methyl sites for hydroxylation is 3. The molecule has 0 saturated heterocycles. The number of hydrogen-bond acceptors (Lipinski definition) is 5. The molecule has 28 heavy (non-hydrogen) atoms. The lowest BCUT2D eigenvalue weighted by Gasteiger charge is -2.10. The highest BCUT2D eigenvalue weighted by Crippen LogP contribution is 2.24. The zero-order valence-electron chi connectivity index (χ0n) is 16.0. The quantitative estimate of drug-likeness (QED) is 0.587. The first-order valence-corrected chi connectivity index (χ1v) is 10.3. The number of ether oxygens (including phenoxy) is 1. The summed E-state index contributed by atoms with van der Waals surface area (Å²) in [6.45, 7) is 6.15. The van der Waals surface area contributed by atoms with Gasteiger partial charge in [-0.05, 0) is 45.4 Å². The second-order valence-electron chi connectivity index (χ2n) is 6.14. The zero-order valence-corrected chi connectivity index (χ0v) is 17.5. The maximum atomic E-state index is 12.7. The van der Waals surface area contributed by atoms with E-state index < -0.39 is 28.4 Å². The second kappa shape index (κ2) is 8.76. The number of aromatic nitrogens is 1. The van der Waals surface area contributed by atoms with E-state index in [0.717, 1.165) is 5.56 Å². The Kier molecular flexibility index (Phi) is 6.87. The van der Waals surface area contributed by atoms with Crippen LogP contribution >= 0.6 is 11.6 Å². The number of halogens is 1. The summed E-state index contributed by atoms with van der Waals surface area (Å²) in [6, 6.07) is 4.97. The third-order valence-electron chi connectivity index (χ3n) is 3.94. The Hall–Kier alpha value is -2.36. The second-order valence-corrected chi connectivity index (χ2v) is 8.25. The average Bonchev–Trinajstić information content (AvgIpc) is 2.91. The summed E-state index contributed by atoms with van der Waals surface area (Å²) in [5.74, 6) is -1.32. The fourth-order valence-corrected chi connectivity index (χ4v) is 4.26. The molecule has 1 amide bonds. The van der Waals surface area contributed by atoms with Gasteiger partial charge in [0, 0.05) is 22.1 Å². The van der Waals surface area contributed by atoms with Crippen molar-refractivity contribution in [1.82, 2.24) is 9.71 Å². The SMILES string of the molecule is CCOC(=O)c1c(C)[nH]c(C)c1S(=O)(=O)NCC(=O)Nc1ccc(C)c(Cl)c1. The van der Waals surface area contributed by atoms with Crippen molar-refractivity contribution in [3.05, 3.63) is 45.7 Å². The predicted octanol–water partition coefficient (Wildman–Crippen LogP) is 2.69. The summed E-state index contributed by atoms with van der Waals surface area (Å²) in [7, 11) is -4.14. The minimum absolute atomic E-state index is 0.0717. The number of amides is 1. The molecule has 0 aliphatic rings. The van der Waals surface area contributed by atoms with Gasteiger partial charge >= 0.3 is 5.97 Å². The van der Waals surface area contributed by atoms with Gasteiger partial charge in [-0.1, -0.05) is 17.7 Å². The standard InChI is InChI=1S/C18H22ClN3O5S/c1-5-27-18(24)16-11(3)21-12(4)17(16)28(25,26)20-9-15(23)22-13-7-6-10(2)14(19)8-13/h6-8,20-21H,5,9H2,1-4H3,(H,22,23). The highest BCUT2D eigenvalue weighted by molar-refractivity contribution is 7.89. The lowest BCUT2D eigenvalue weighted by molar-refractivity contribution is -0.115. The number of aromatic amines is 1. The van der Waals surface area contributed by atoms with Crippen molar-refractivity contribution >= 4 is 39.2 Å². The molecule has 0 aliphatic heterocycles. The van der Waals surface area contributed by atoms with Crippen LogP contribution in [-0.2, 0) is 19.6 Å². The molecule has 10 heteroatoms. The number of nitrogens with one attached hydrogen (secondary N) is 3. The Morgan fingerprint density at radius 1 is 1.18 bits per heavy atom. The van der Waals surface area contributed by atoms with Crippen molar-refractivity contribution in [1.29, 1.82) is 0 Å². The lowest BCUT2D eigenvalue weighted by atomic mass is 10.2. The van der Waals surface area contributed by atoms with Gasteiger partial charge in [-0.15, -0.1) is 0 Å². The number of rotatable bonds is 7. The van der Waals surface area contributed by atoms with Crippen molar-refractivity contribution in [2.24, 2.45) is 0 Å². The van der Waals surface area contributed by atoms with E-state index in [1.807, 2.05) is 6.92 Å². The van der Waals surface area contributed by atoms with E-state index in [1.165, 1.54) is 6.92 Å². The molecular weight excluding hydrogens is 406 g/mol. The monoisotopic (exact) mass is 427 g/mol. The molecule has 0 radical (unpaired) electrons. The van der Waals surface area contributed by atoms with Crippen LogP contribution in [0.15, 0.2) is 23.1 Å². The maximum absolute atomic E-state index is 12.7. The summed E-state index contributed by atoms with van der Waals surface area (Å²) in [6.07, 6.45) is 0. The van der Waals surface area contributed by atoms with Crippen LogP contribution in [0, 0.1) is 20.8 Å². The summed E-state index contributed by atoms with van der Waals surface area (Å²) >= 11 is 6.01. The van der Waals surface area contributed by atoms with Crippen LogP contribution in [0.1, 0.15) is 34.2 Å². The molecule has 0 fully saturated rings. The minimum Gasteiger partial charge on any atom is -0.462 e. The number of carbonyl (C=O) groups is 2. The third-order valence-corrected chi connectivity index (χ3v) is 5.92. The number of hydrogen-bond donors (Lipinski definition) is 3. The van der Waals surface area contributed by atoms with E-state index in [-0.39, 0.29) is 22.8 Å². The molecule has 0 spiro atoms. The molecule has 2 rings (SSSR count). The van der Waals surface area contributed by atoms with Gasteiger partial charge in [0.1, 0.15) is 10.5 Å². The molecule has 2 aromatic rings. The van der Waals surface area contributed by atoms with Crippen LogP contribution in [0.2, 0.25) is 5.02 Å². The molecule has 1 heterocycles. The summed E-state index contributed by atoms with van der Waals surface area (Å²) in [5, 5.41) is 3.04. The number of benzene rings is 1. The first kappa shape index (κ1) is 21.9. The molecule has 152 valence electrons. The van der Waals surface area contributed by atoms with Gasteiger partial charge in [-0.2, -0.15) is 0 Å².